The average molecular weight is 577 g/mol. The Morgan fingerprint density at radius 2 is 1.85 bits per heavy atom. The molecule has 0 spiro atoms. The van der Waals surface area contributed by atoms with Crippen molar-refractivity contribution in [3.63, 3.8) is 0 Å². The highest BCUT2D eigenvalue weighted by Crippen LogP contribution is 2.39. The number of anilines is 1. The van der Waals surface area contributed by atoms with Gasteiger partial charge in [0, 0.05) is 44.2 Å². The first-order chi connectivity index (χ1) is 19.6. The summed E-state index contributed by atoms with van der Waals surface area (Å²) < 4.78 is 13.7. The van der Waals surface area contributed by atoms with E-state index in [0.717, 1.165) is 50.0 Å². The SMILES string of the molecule is CC.CC1=CC(CC2(C)C(=O)CNc3ccc(F)cc32)NC(C)=C1C.CO.O=CNCC[C@H](O)C(=O)N1CCCC1. The fraction of sp³-hybridized carbons (Fsp3) is 0.581. The summed E-state index contributed by atoms with van der Waals surface area (Å²) in [5, 5.41) is 25.4. The molecule has 0 bridgehead atoms. The number of hydrogen-bond acceptors (Lipinski definition) is 7. The van der Waals surface area contributed by atoms with Gasteiger partial charge >= 0.3 is 0 Å². The van der Waals surface area contributed by atoms with Gasteiger partial charge in [0.05, 0.1) is 12.0 Å². The number of carbonyl (C=O) groups excluding carboxylic acids is 3. The van der Waals surface area contributed by atoms with Crippen LogP contribution in [0.15, 0.2) is 41.1 Å². The van der Waals surface area contributed by atoms with E-state index in [1.165, 1.54) is 23.3 Å². The number of benzene rings is 1. The minimum Gasteiger partial charge on any atom is -0.400 e. The highest BCUT2D eigenvalue weighted by Gasteiger charge is 2.41. The number of ketones is 1. The van der Waals surface area contributed by atoms with E-state index in [9.17, 15) is 23.9 Å². The number of aliphatic hydroxyl groups is 2. The van der Waals surface area contributed by atoms with Crippen molar-refractivity contribution in [2.24, 2.45) is 0 Å². The number of nitrogens with one attached hydrogen (secondary N) is 3. The standard InChI is InChI=1S/C19H23FN2O.C9H16N2O3.C2H6.CH4O/c1-11-7-15(22-13(3)12(11)2)9-19(4)16-8-14(20)5-6-17(16)21-10-18(19)23;12-7-10-4-3-8(13)9(14)11-5-1-2-6-11;2*1-2/h5-8,15,21-22H,9-10H2,1-4H3;7-8,13H,1-6H2,(H,10,12);1-2H3;2H,1H3/t;8-;;/m.0../s1. The fourth-order valence-corrected chi connectivity index (χ4v) is 5.12. The van der Waals surface area contributed by atoms with E-state index < -0.39 is 11.5 Å². The van der Waals surface area contributed by atoms with Crippen LogP contribution in [0.5, 0.6) is 0 Å². The molecule has 2 unspecified atom stereocenters. The Labute approximate surface area is 244 Å². The number of Topliss-reactive ketones (excluding diaryl/α,β-unsaturated/α-hetero) is 1. The number of amides is 2. The lowest BCUT2D eigenvalue weighted by atomic mass is 9.70. The second-order valence-electron chi connectivity index (χ2n) is 10.3. The van der Waals surface area contributed by atoms with Gasteiger partial charge in [0.15, 0.2) is 5.78 Å². The second kappa shape index (κ2) is 17.5. The summed E-state index contributed by atoms with van der Waals surface area (Å²) in [5.41, 5.74) is 4.53. The van der Waals surface area contributed by atoms with Crippen LogP contribution in [0.2, 0.25) is 0 Å². The first-order valence-electron chi connectivity index (χ1n) is 14.4. The van der Waals surface area contributed by atoms with E-state index >= 15 is 0 Å². The third-order valence-electron chi connectivity index (χ3n) is 7.61. The predicted octanol–water partition coefficient (Wildman–Crippen LogP) is 3.42. The maximum Gasteiger partial charge on any atom is 0.251 e. The zero-order valence-electron chi connectivity index (χ0n) is 25.6. The molecule has 230 valence electrons. The van der Waals surface area contributed by atoms with Crippen molar-refractivity contribution in [1.82, 2.24) is 15.5 Å². The number of hydrogen-bond donors (Lipinski definition) is 5. The number of nitrogens with zero attached hydrogens (tertiary/aromatic N) is 1. The highest BCUT2D eigenvalue weighted by atomic mass is 19.1. The van der Waals surface area contributed by atoms with Crippen molar-refractivity contribution < 1.29 is 29.0 Å². The first kappa shape index (κ1) is 35.8. The van der Waals surface area contributed by atoms with Crippen LogP contribution >= 0.6 is 0 Å². The average Bonchev–Trinajstić information content (AvgIpc) is 3.51. The number of aliphatic hydroxyl groups excluding tert-OH is 2. The van der Waals surface area contributed by atoms with E-state index in [2.05, 4.69) is 42.8 Å². The van der Waals surface area contributed by atoms with Crippen molar-refractivity contribution in [2.45, 2.75) is 84.8 Å². The third-order valence-corrected chi connectivity index (χ3v) is 7.61. The fourth-order valence-electron chi connectivity index (χ4n) is 5.12. The monoisotopic (exact) mass is 576 g/mol. The smallest absolute Gasteiger partial charge is 0.251 e. The van der Waals surface area contributed by atoms with E-state index in [1.54, 1.807) is 11.0 Å². The summed E-state index contributed by atoms with van der Waals surface area (Å²) in [6, 6.07) is 4.72. The molecule has 0 saturated carbocycles. The van der Waals surface area contributed by atoms with Crippen LogP contribution in [-0.4, -0.2) is 78.6 Å². The lowest BCUT2D eigenvalue weighted by Gasteiger charge is -2.38. The molecule has 3 heterocycles. The quantitative estimate of drug-likeness (QED) is 0.248. The Bertz CT molecular complexity index is 1080. The third kappa shape index (κ3) is 9.67. The summed E-state index contributed by atoms with van der Waals surface area (Å²) in [7, 11) is 1.00. The van der Waals surface area contributed by atoms with Crippen LogP contribution in [-0.2, 0) is 19.8 Å². The lowest BCUT2D eigenvalue weighted by molar-refractivity contribution is -0.139. The van der Waals surface area contributed by atoms with Gasteiger partial charge in [-0.25, -0.2) is 4.39 Å². The molecule has 3 aliphatic heterocycles. The Kier molecular flexibility index (Phi) is 15.3. The summed E-state index contributed by atoms with van der Waals surface area (Å²) in [6.45, 7) is 14.3. The molecule has 4 rings (SSSR count). The van der Waals surface area contributed by atoms with Crippen LogP contribution in [0.25, 0.3) is 0 Å². The van der Waals surface area contributed by atoms with Crippen molar-refractivity contribution >= 4 is 23.8 Å². The molecule has 0 radical (unpaired) electrons. The minimum absolute atomic E-state index is 0.0712. The molecule has 41 heavy (non-hydrogen) atoms. The number of rotatable bonds is 7. The number of dihydropyridines is 1. The summed E-state index contributed by atoms with van der Waals surface area (Å²) in [4.78, 5) is 35.7. The van der Waals surface area contributed by atoms with Crippen LogP contribution in [0.3, 0.4) is 0 Å². The predicted molar refractivity (Wildman–Crippen MR) is 161 cm³/mol. The van der Waals surface area contributed by atoms with E-state index in [4.69, 9.17) is 5.11 Å². The van der Waals surface area contributed by atoms with Gasteiger partial charge in [0.1, 0.15) is 11.9 Å². The van der Waals surface area contributed by atoms with Gasteiger partial charge in [-0.2, -0.15) is 0 Å². The Morgan fingerprint density at radius 1 is 1.22 bits per heavy atom. The molecule has 3 atom stereocenters. The molecule has 0 aliphatic carbocycles. The molecule has 1 fully saturated rings. The van der Waals surface area contributed by atoms with Gasteiger partial charge in [-0.3, -0.25) is 14.4 Å². The molecule has 2 amide bonds. The number of carbonyl (C=O) groups is 3. The van der Waals surface area contributed by atoms with Gasteiger partial charge in [-0.1, -0.05) is 19.9 Å². The van der Waals surface area contributed by atoms with Gasteiger partial charge in [0.2, 0.25) is 6.41 Å². The summed E-state index contributed by atoms with van der Waals surface area (Å²) >= 11 is 0. The Balaban J connectivity index is 0.000000402. The zero-order chi connectivity index (χ0) is 31.2. The molecule has 1 aromatic rings. The van der Waals surface area contributed by atoms with Crippen LogP contribution in [0, 0.1) is 5.82 Å². The molecular formula is C31H49FN4O5. The molecular weight excluding hydrogens is 527 g/mol. The topological polar surface area (TPSA) is 131 Å². The van der Waals surface area contributed by atoms with Crippen LogP contribution in [0.1, 0.15) is 72.8 Å². The van der Waals surface area contributed by atoms with Crippen molar-refractivity contribution in [1.29, 1.82) is 0 Å². The van der Waals surface area contributed by atoms with E-state index in [-0.39, 0.29) is 30.0 Å². The number of allylic oxidation sites excluding steroid dienone is 3. The molecule has 5 N–H and O–H groups in total. The normalized spacial score (nSPS) is 21.6. The van der Waals surface area contributed by atoms with Crippen molar-refractivity contribution in [3.8, 4) is 0 Å². The van der Waals surface area contributed by atoms with Gasteiger partial charge < -0.3 is 31.1 Å². The number of halogens is 1. The Hall–Kier alpha value is -3.24. The lowest BCUT2D eigenvalue weighted by Crippen LogP contribution is -2.46. The molecule has 1 aromatic carbocycles. The molecule has 3 aliphatic rings. The molecule has 1 saturated heterocycles. The number of fused-ring (bicyclic) bond motifs is 1. The zero-order valence-corrected chi connectivity index (χ0v) is 25.6. The maximum atomic E-state index is 13.7. The van der Waals surface area contributed by atoms with Crippen molar-refractivity contribution in [3.05, 3.63) is 52.5 Å². The molecule has 0 aromatic heterocycles. The molecule has 9 nitrogen and oxygen atoms in total. The largest absolute Gasteiger partial charge is 0.400 e. The summed E-state index contributed by atoms with van der Waals surface area (Å²) in [6.07, 6.45) is 4.70. The van der Waals surface area contributed by atoms with Gasteiger partial charge in [-0.05, 0) is 88.3 Å². The first-order valence-corrected chi connectivity index (χ1v) is 14.4. The van der Waals surface area contributed by atoms with Crippen LogP contribution in [0.4, 0.5) is 10.1 Å². The van der Waals surface area contributed by atoms with Gasteiger partial charge in [-0.15, -0.1) is 0 Å². The van der Waals surface area contributed by atoms with Gasteiger partial charge in [0.25, 0.3) is 5.91 Å². The minimum atomic E-state index is -0.972. The highest BCUT2D eigenvalue weighted by molar-refractivity contribution is 5.97. The summed E-state index contributed by atoms with van der Waals surface area (Å²) in [5.74, 6) is -0.413. The number of likely N-dealkylation sites (tertiary alicyclic amines) is 1. The Morgan fingerprint density at radius 3 is 2.44 bits per heavy atom. The van der Waals surface area contributed by atoms with Crippen molar-refractivity contribution in [2.75, 3.05) is 38.6 Å². The van der Waals surface area contributed by atoms with E-state index in [1.807, 2.05) is 20.8 Å². The second-order valence-corrected chi connectivity index (χ2v) is 10.3. The molecule has 10 heteroatoms. The van der Waals surface area contributed by atoms with Crippen LogP contribution < -0.4 is 16.0 Å². The maximum absolute atomic E-state index is 13.7. The van der Waals surface area contributed by atoms with E-state index in [0.29, 0.717) is 25.9 Å².